The molecule has 0 saturated carbocycles. The molecule has 0 fully saturated rings. The Bertz CT molecular complexity index is 1010. The number of carbonyl (C=O) groups excluding carboxylic acids is 1. The molecule has 30 heavy (non-hydrogen) atoms. The third-order valence-electron chi connectivity index (χ3n) is 4.96. The Morgan fingerprint density at radius 3 is 2.47 bits per heavy atom. The summed E-state index contributed by atoms with van der Waals surface area (Å²) in [5, 5.41) is 12.7. The second kappa shape index (κ2) is 9.14. The second-order valence-corrected chi connectivity index (χ2v) is 7.57. The molecule has 6 nitrogen and oxygen atoms in total. The summed E-state index contributed by atoms with van der Waals surface area (Å²) in [5.41, 5.74) is 2.76. The van der Waals surface area contributed by atoms with E-state index in [9.17, 15) is 10.1 Å². The minimum Gasteiger partial charge on any atom is -0.493 e. The molecule has 2 aromatic carbocycles. The van der Waals surface area contributed by atoms with Crippen molar-refractivity contribution < 1.29 is 14.3 Å². The van der Waals surface area contributed by atoms with Crippen LogP contribution in [0.5, 0.6) is 11.5 Å². The van der Waals surface area contributed by atoms with E-state index in [1.54, 1.807) is 7.11 Å². The van der Waals surface area contributed by atoms with Crippen LogP contribution < -0.4 is 19.7 Å². The molecule has 156 valence electrons. The standard InChI is InChI=1S/C23H25N3O3S/c1-5-29-19-11-8-16(12-20(19)28-4)21-25-22(27)18(13-24)23(30)26(21)17-9-6-15(7-10-17)14(2)3/h6-12,14,21,30H,5H2,1-4H3,(H,25,27). The first-order valence-corrected chi connectivity index (χ1v) is 10.2. The van der Waals surface area contributed by atoms with E-state index in [0.29, 0.717) is 29.1 Å². The maximum Gasteiger partial charge on any atom is 0.266 e. The molecule has 0 aliphatic carbocycles. The lowest BCUT2D eigenvalue weighted by molar-refractivity contribution is -0.118. The molecule has 1 N–H and O–H groups in total. The normalized spacial score (nSPS) is 16.4. The first kappa shape index (κ1) is 21.6. The van der Waals surface area contributed by atoms with Gasteiger partial charge < -0.3 is 19.7 Å². The molecule has 3 rings (SSSR count). The Labute approximate surface area is 182 Å². The van der Waals surface area contributed by atoms with Crippen LogP contribution in [0.25, 0.3) is 0 Å². The van der Waals surface area contributed by atoms with Gasteiger partial charge in [0.1, 0.15) is 17.8 Å². The maximum absolute atomic E-state index is 12.5. The van der Waals surface area contributed by atoms with E-state index in [0.717, 1.165) is 11.3 Å². The molecule has 0 radical (unpaired) electrons. The number of methoxy groups -OCH3 is 1. The molecule has 0 spiro atoms. The molecular formula is C23H25N3O3S. The lowest BCUT2D eigenvalue weighted by Crippen LogP contribution is -2.46. The molecule has 1 aliphatic rings. The minimum atomic E-state index is -0.559. The van der Waals surface area contributed by atoms with Gasteiger partial charge in [0.05, 0.1) is 18.7 Å². The van der Waals surface area contributed by atoms with Crippen LogP contribution >= 0.6 is 12.6 Å². The van der Waals surface area contributed by atoms with Crippen molar-refractivity contribution in [1.29, 1.82) is 5.26 Å². The van der Waals surface area contributed by atoms with Crippen LogP contribution in [0.4, 0.5) is 5.69 Å². The molecule has 1 heterocycles. The zero-order chi connectivity index (χ0) is 21.8. The number of nitriles is 1. The van der Waals surface area contributed by atoms with E-state index in [2.05, 4.69) is 31.8 Å². The van der Waals surface area contributed by atoms with Crippen molar-refractivity contribution in [1.82, 2.24) is 5.32 Å². The van der Waals surface area contributed by atoms with E-state index in [4.69, 9.17) is 9.47 Å². The third kappa shape index (κ3) is 4.10. The Morgan fingerprint density at radius 2 is 1.90 bits per heavy atom. The number of ether oxygens (including phenoxy) is 2. The van der Waals surface area contributed by atoms with E-state index >= 15 is 0 Å². The summed E-state index contributed by atoms with van der Waals surface area (Å²) in [6.07, 6.45) is -0.559. The van der Waals surface area contributed by atoms with Gasteiger partial charge in [-0.2, -0.15) is 5.26 Å². The zero-order valence-corrected chi connectivity index (χ0v) is 18.4. The quantitative estimate of drug-likeness (QED) is 0.669. The van der Waals surface area contributed by atoms with Gasteiger partial charge in [0.2, 0.25) is 0 Å². The number of hydrogen-bond acceptors (Lipinski definition) is 6. The van der Waals surface area contributed by atoms with Crippen molar-refractivity contribution in [3.8, 4) is 17.6 Å². The fraction of sp³-hybridized carbons (Fsp3) is 0.304. The van der Waals surface area contributed by atoms with E-state index in [1.807, 2.05) is 60.4 Å². The highest BCUT2D eigenvalue weighted by Crippen LogP contribution is 2.38. The van der Waals surface area contributed by atoms with Crippen LogP contribution in [0.15, 0.2) is 53.1 Å². The van der Waals surface area contributed by atoms with Gasteiger partial charge in [-0.1, -0.05) is 32.0 Å². The van der Waals surface area contributed by atoms with Crippen LogP contribution in [0.2, 0.25) is 0 Å². The molecule has 1 unspecified atom stereocenters. The van der Waals surface area contributed by atoms with Gasteiger partial charge in [0, 0.05) is 5.69 Å². The first-order valence-electron chi connectivity index (χ1n) is 9.75. The second-order valence-electron chi connectivity index (χ2n) is 7.15. The Balaban J connectivity index is 2.11. The van der Waals surface area contributed by atoms with Crippen molar-refractivity contribution >= 4 is 24.2 Å². The van der Waals surface area contributed by atoms with E-state index in [1.165, 1.54) is 5.56 Å². The fourth-order valence-electron chi connectivity index (χ4n) is 3.36. The van der Waals surface area contributed by atoms with Gasteiger partial charge in [-0.3, -0.25) is 4.79 Å². The number of hydrogen-bond donors (Lipinski definition) is 2. The van der Waals surface area contributed by atoms with E-state index in [-0.39, 0.29) is 5.57 Å². The van der Waals surface area contributed by atoms with Crippen LogP contribution in [-0.2, 0) is 4.79 Å². The molecular weight excluding hydrogens is 398 g/mol. The van der Waals surface area contributed by atoms with Crippen LogP contribution in [0, 0.1) is 11.3 Å². The van der Waals surface area contributed by atoms with Crippen LogP contribution in [0.3, 0.4) is 0 Å². The number of benzene rings is 2. The molecule has 1 amide bonds. The number of carbonyl (C=O) groups is 1. The van der Waals surface area contributed by atoms with Crippen molar-refractivity contribution in [3.63, 3.8) is 0 Å². The van der Waals surface area contributed by atoms with Gasteiger partial charge in [-0.05, 0) is 48.2 Å². The molecule has 1 aliphatic heterocycles. The molecule has 2 aromatic rings. The Kier molecular flexibility index (Phi) is 6.58. The SMILES string of the molecule is CCOc1ccc(C2NC(=O)C(C#N)=C(S)N2c2ccc(C(C)C)cc2)cc1OC. The van der Waals surface area contributed by atoms with Gasteiger partial charge >= 0.3 is 0 Å². The average molecular weight is 424 g/mol. The smallest absolute Gasteiger partial charge is 0.266 e. The van der Waals surface area contributed by atoms with Crippen molar-refractivity contribution in [2.75, 3.05) is 18.6 Å². The molecule has 0 saturated heterocycles. The largest absolute Gasteiger partial charge is 0.493 e. The van der Waals surface area contributed by atoms with Gasteiger partial charge in [0.15, 0.2) is 11.5 Å². The zero-order valence-electron chi connectivity index (χ0n) is 17.5. The van der Waals surface area contributed by atoms with Gasteiger partial charge in [-0.15, -0.1) is 12.6 Å². The number of nitrogens with one attached hydrogen (secondary N) is 1. The van der Waals surface area contributed by atoms with Crippen molar-refractivity contribution in [2.24, 2.45) is 0 Å². The summed E-state index contributed by atoms with van der Waals surface area (Å²) in [6.45, 7) is 6.67. The summed E-state index contributed by atoms with van der Waals surface area (Å²) in [6, 6.07) is 15.5. The number of rotatable bonds is 6. The molecule has 1 atom stereocenters. The number of nitrogens with zero attached hydrogens (tertiary/aromatic N) is 2. The highest BCUT2D eigenvalue weighted by molar-refractivity contribution is 7.84. The number of thiol groups is 1. The Morgan fingerprint density at radius 1 is 1.20 bits per heavy atom. The summed E-state index contributed by atoms with van der Waals surface area (Å²) in [4.78, 5) is 14.4. The van der Waals surface area contributed by atoms with Gasteiger partial charge in [0.25, 0.3) is 5.91 Å². The maximum atomic E-state index is 12.5. The minimum absolute atomic E-state index is 0.0274. The predicted molar refractivity (Wildman–Crippen MR) is 120 cm³/mol. The van der Waals surface area contributed by atoms with Crippen molar-refractivity contribution in [2.45, 2.75) is 32.9 Å². The highest BCUT2D eigenvalue weighted by atomic mass is 32.1. The average Bonchev–Trinajstić information content (AvgIpc) is 2.74. The number of amides is 1. The topological polar surface area (TPSA) is 74.6 Å². The molecule has 0 aromatic heterocycles. The monoisotopic (exact) mass is 423 g/mol. The van der Waals surface area contributed by atoms with Crippen LogP contribution in [-0.4, -0.2) is 19.6 Å². The molecule has 7 heteroatoms. The first-order chi connectivity index (χ1) is 14.4. The van der Waals surface area contributed by atoms with Gasteiger partial charge in [-0.25, -0.2) is 0 Å². The van der Waals surface area contributed by atoms with Crippen molar-refractivity contribution in [3.05, 3.63) is 64.2 Å². The third-order valence-corrected chi connectivity index (χ3v) is 5.40. The molecule has 0 bridgehead atoms. The number of anilines is 1. The highest BCUT2D eigenvalue weighted by Gasteiger charge is 2.34. The lowest BCUT2D eigenvalue weighted by atomic mass is 10.0. The summed E-state index contributed by atoms with van der Waals surface area (Å²) in [7, 11) is 1.57. The lowest BCUT2D eigenvalue weighted by Gasteiger charge is -2.38. The summed E-state index contributed by atoms with van der Waals surface area (Å²) < 4.78 is 11.1. The predicted octanol–water partition coefficient (Wildman–Crippen LogP) is 4.52. The van der Waals surface area contributed by atoms with E-state index < -0.39 is 12.1 Å². The fourth-order valence-corrected chi connectivity index (χ4v) is 3.74. The Hall–Kier alpha value is -3.11. The van der Waals surface area contributed by atoms with Crippen LogP contribution in [0.1, 0.15) is 44.0 Å². The summed E-state index contributed by atoms with van der Waals surface area (Å²) >= 11 is 4.55. The summed E-state index contributed by atoms with van der Waals surface area (Å²) in [5.74, 6) is 1.12.